The van der Waals surface area contributed by atoms with E-state index in [4.69, 9.17) is 25.5 Å². The Kier molecular flexibility index (Phi) is 6.96. The average molecular weight is 426 g/mol. The molecular weight excluding hydrogens is 405 g/mol. The van der Waals surface area contributed by atoms with E-state index >= 15 is 0 Å². The van der Waals surface area contributed by atoms with Crippen LogP contribution in [0.15, 0.2) is 45.9 Å². The lowest BCUT2D eigenvalue weighted by Gasteiger charge is -2.27. The predicted molar refractivity (Wildman–Crippen MR) is 108 cm³/mol. The number of rotatable bonds is 5. The summed E-state index contributed by atoms with van der Waals surface area (Å²) in [6.45, 7) is 4.28. The summed E-state index contributed by atoms with van der Waals surface area (Å²) in [7, 11) is 0. The lowest BCUT2D eigenvalue weighted by molar-refractivity contribution is 0.0188. The maximum atomic E-state index is 12.0. The molecule has 0 aliphatic carbocycles. The summed E-state index contributed by atoms with van der Waals surface area (Å²) in [5.41, 5.74) is 0.921. The van der Waals surface area contributed by atoms with E-state index in [0.29, 0.717) is 29.6 Å². The van der Waals surface area contributed by atoms with Gasteiger partial charge in [-0.3, -0.25) is 4.90 Å². The maximum Gasteiger partial charge on any atom is 0.430 e. The number of carbonyl (C=O) groups is 1. The van der Waals surface area contributed by atoms with Crippen molar-refractivity contribution in [1.29, 1.82) is 0 Å². The first-order chi connectivity index (χ1) is 13.2. The fourth-order valence-corrected chi connectivity index (χ4v) is 3.21. The molecule has 1 aromatic heterocycles. The van der Waals surface area contributed by atoms with Crippen molar-refractivity contribution < 1.29 is 18.7 Å². The predicted octanol–water partition coefficient (Wildman–Crippen LogP) is 3.51. The van der Waals surface area contributed by atoms with E-state index in [0.717, 1.165) is 31.9 Å². The minimum absolute atomic E-state index is 0. The van der Waals surface area contributed by atoms with Gasteiger partial charge in [0.05, 0.1) is 26.0 Å². The zero-order valence-corrected chi connectivity index (χ0v) is 16.7. The number of carbonyl (C=O) groups excluding carboxylic acids is 1. The van der Waals surface area contributed by atoms with Crippen molar-refractivity contribution in [1.82, 2.24) is 9.91 Å². The van der Waals surface area contributed by atoms with Crippen molar-refractivity contribution in [2.75, 3.05) is 39.4 Å². The van der Waals surface area contributed by atoms with Gasteiger partial charge in [-0.2, -0.15) is 10.1 Å². The Hall–Kier alpha value is -2.06. The SMILES string of the molecule is Cl.O=C1OC(CN2CCOCC2)CN1N=Cc1ccc(-c2ccc(Cl)cc2)o1. The topological polar surface area (TPSA) is 67.5 Å². The Morgan fingerprint density at radius 1 is 1.14 bits per heavy atom. The quantitative estimate of drug-likeness (QED) is 0.685. The summed E-state index contributed by atoms with van der Waals surface area (Å²) in [4.78, 5) is 14.2. The van der Waals surface area contributed by atoms with Crippen LogP contribution < -0.4 is 0 Å². The van der Waals surface area contributed by atoms with Gasteiger partial charge in [-0.15, -0.1) is 12.4 Å². The second-order valence-corrected chi connectivity index (χ2v) is 6.89. The van der Waals surface area contributed by atoms with Crippen LogP contribution in [0.25, 0.3) is 11.3 Å². The minimum Gasteiger partial charge on any atom is -0.455 e. The molecule has 7 nitrogen and oxygen atoms in total. The molecule has 0 radical (unpaired) electrons. The van der Waals surface area contributed by atoms with Gasteiger partial charge in [-0.1, -0.05) is 11.6 Å². The van der Waals surface area contributed by atoms with Gasteiger partial charge in [0.1, 0.15) is 17.6 Å². The van der Waals surface area contributed by atoms with Crippen molar-refractivity contribution in [2.45, 2.75) is 6.10 Å². The van der Waals surface area contributed by atoms with Gasteiger partial charge in [-0.05, 0) is 36.4 Å². The molecule has 1 aromatic carbocycles. The van der Waals surface area contributed by atoms with E-state index in [-0.39, 0.29) is 18.5 Å². The molecule has 150 valence electrons. The van der Waals surface area contributed by atoms with Crippen LogP contribution in [-0.4, -0.2) is 67.7 Å². The molecular formula is C19H21Cl2N3O4. The summed E-state index contributed by atoms with van der Waals surface area (Å²) in [5.74, 6) is 1.27. The fraction of sp³-hybridized carbons (Fsp3) is 0.368. The van der Waals surface area contributed by atoms with Crippen LogP contribution >= 0.6 is 24.0 Å². The van der Waals surface area contributed by atoms with Crippen molar-refractivity contribution >= 4 is 36.3 Å². The first kappa shape index (κ1) is 20.7. The van der Waals surface area contributed by atoms with Crippen molar-refractivity contribution in [3.63, 3.8) is 0 Å². The second kappa shape index (κ2) is 9.43. The summed E-state index contributed by atoms with van der Waals surface area (Å²) in [6, 6.07) is 11.0. The van der Waals surface area contributed by atoms with Crippen molar-refractivity contribution in [3.8, 4) is 11.3 Å². The molecule has 2 aliphatic rings. The number of hydrazone groups is 1. The number of hydrogen-bond acceptors (Lipinski definition) is 6. The highest BCUT2D eigenvalue weighted by atomic mass is 35.5. The maximum absolute atomic E-state index is 12.0. The summed E-state index contributed by atoms with van der Waals surface area (Å²) >= 11 is 5.90. The number of halogens is 2. The van der Waals surface area contributed by atoms with Crippen LogP contribution in [0.5, 0.6) is 0 Å². The van der Waals surface area contributed by atoms with Crippen LogP contribution in [-0.2, 0) is 9.47 Å². The highest BCUT2D eigenvalue weighted by Gasteiger charge is 2.32. The molecule has 1 amide bonds. The Labute approximate surface area is 174 Å². The number of furan rings is 1. The first-order valence-corrected chi connectivity index (χ1v) is 9.23. The number of nitrogens with zero attached hydrogens (tertiary/aromatic N) is 3. The molecule has 28 heavy (non-hydrogen) atoms. The van der Waals surface area contributed by atoms with E-state index in [1.54, 1.807) is 6.07 Å². The van der Waals surface area contributed by atoms with E-state index in [1.807, 2.05) is 30.3 Å². The van der Waals surface area contributed by atoms with Gasteiger partial charge in [-0.25, -0.2) is 4.79 Å². The monoisotopic (exact) mass is 425 g/mol. The zero-order chi connectivity index (χ0) is 18.6. The first-order valence-electron chi connectivity index (χ1n) is 8.85. The van der Waals surface area contributed by atoms with Crippen LogP contribution in [0, 0.1) is 0 Å². The summed E-state index contributed by atoms with van der Waals surface area (Å²) in [6.07, 6.45) is 0.903. The molecule has 0 saturated carbocycles. The molecule has 1 unspecified atom stereocenters. The third-order valence-electron chi connectivity index (χ3n) is 4.50. The van der Waals surface area contributed by atoms with Gasteiger partial charge >= 0.3 is 6.09 Å². The average Bonchev–Trinajstić information content (AvgIpc) is 3.28. The highest BCUT2D eigenvalue weighted by molar-refractivity contribution is 6.30. The second-order valence-electron chi connectivity index (χ2n) is 6.45. The molecule has 2 fully saturated rings. The number of hydrogen-bond donors (Lipinski definition) is 0. The van der Waals surface area contributed by atoms with Gasteiger partial charge < -0.3 is 13.9 Å². The van der Waals surface area contributed by atoms with Gasteiger partial charge in [0.15, 0.2) is 0 Å². The van der Waals surface area contributed by atoms with Crippen LogP contribution in [0.1, 0.15) is 5.76 Å². The number of morpholine rings is 1. The van der Waals surface area contributed by atoms with E-state index in [2.05, 4.69) is 10.0 Å². The van der Waals surface area contributed by atoms with Gasteiger partial charge in [0.25, 0.3) is 0 Å². The Morgan fingerprint density at radius 2 is 1.89 bits per heavy atom. The summed E-state index contributed by atoms with van der Waals surface area (Å²) in [5, 5.41) is 6.22. The molecule has 2 saturated heterocycles. The summed E-state index contributed by atoms with van der Waals surface area (Å²) < 4.78 is 16.5. The Balaban J connectivity index is 0.00000225. The Bertz CT molecular complexity index is 819. The van der Waals surface area contributed by atoms with E-state index < -0.39 is 6.09 Å². The molecule has 4 rings (SSSR count). The lowest BCUT2D eigenvalue weighted by atomic mass is 10.2. The van der Waals surface area contributed by atoms with Crippen molar-refractivity contribution in [3.05, 3.63) is 47.2 Å². The fourth-order valence-electron chi connectivity index (χ4n) is 3.09. The largest absolute Gasteiger partial charge is 0.455 e. The number of ether oxygens (including phenoxy) is 2. The van der Waals surface area contributed by atoms with Crippen LogP contribution in [0.2, 0.25) is 5.02 Å². The van der Waals surface area contributed by atoms with Gasteiger partial charge in [0, 0.05) is 30.2 Å². The third kappa shape index (κ3) is 5.05. The molecule has 3 heterocycles. The standard InChI is InChI=1S/C19H20ClN3O4.ClH/c20-15-3-1-14(2-4-15)18-6-5-16(26-18)11-21-23-13-17(27-19(23)24)12-22-7-9-25-10-8-22;/h1-6,11,17H,7-10,12-13H2;1H. The van der Waals surface area contributed by atoms with Gasteiger partial charge in [0.2, 0.25) is 0 Å². The Morgan fingerprint density at radius 3 is 2.64 bits per heavy atom. The minimum atomic E-state index is -0.436. The number of benzene rings is 1. The smallest absolute Gasteiger partial charge is 0.430 e. The van der Waals surface area contributed by atoms with E-state index in [9.17, 15) is 4.79 Å². The molecule has 9 heteroatoms. The molecule has 1 atom stereocenters. The molecule has 2 aliphatic heterocycles. The highest BCUT2D eigenvalue weighted by Crippen LogP contribution is 2.23. The zero-order valence-electron chi connectivity index (χ0n) is 15.1. The number of cyclic esters (lactones) is 1. The molecule has 0 bridgehead atoms. The number of amides is 1. The van der Waals surface area contributed by atoms with E-state index in [1.165, 1.54) is 11.2 Å². The van der Waals surface area contributed by atoms with Crippen LogP contribution in [0.3, 0.4) is 0 Å². The molecule has 0 N–H and O–H groups in total. The third-order valence-corrected chi connectivity index (χ3v) is 4.75. The lowest BCUT2D eigenvalue weighted by Crippen LogP contribution is -2.41. The molecule has 0 spiro atoms. The normalized spacial score (nSPS) is 20.4. The van der Waals surface area contributed by atoms with Crippen molar-refractivity contribution in [2.24, 2.45) is 5.10 Å². The van der Waals surface area contributed by atoms with Crippen LogP contribution in [0.4, 0.5) is 4.79 Å². The molecule has 2 aromatic rings.